The minimum atomic E-state index is 0.799. The van der Waals surface area contributed by atoms with E-state index in [2.05, 4.69) is 26.2 Å². The summed E-state index contributed by atoms with van der Waals surface area (Å²) in [6.07, 6.45) is 5.58. The Labute approximate surface area is 141 Å². The largest absolute Gasteiger partial charge is 0.495 e. The van der Waals surface area contributed by atoms with Crippen LogP contribution >= 0.6 is 11.8 Å². The first-order valence-electron chi connectivity index (χ1n) is 7.92. The number of aromatic nitrogens is 3. The first-order chi connectivity index (χ1) is 11.3. The summed E-state index contributed by atoms with van der Waals surface area (Å²) in [6, 6.07) is 8.01. The van der Waals surface area contributed by atoms with E-state index < -0.39 is 0 Å². The monoisotopic (exact) mass is 330 g/mol. The van der Waals surface area contributed by atoms with Crippen molar-refractivity contribution in [1.29, 1.82) is 0 Å². The number of rotatable bonds is 6. The highest BCUT2D eigenvalue weighted by Gasteiger charge is 2.22. The molecule has 0 amide bonds. The van der Waals surface area contributed by atoms with Crippen LogP contribution in [0.5, 0.6) is 5.75 Å². The summed E-state index contributed by atoms with van der Waals surface area (Å²) in [5, 5.41) is 9.75. The van der Waals surface area contributed by atoms with Gasteiger partial charge in [0.1, 0.15) is 5.75 Å². The van der Waals surface area contributed by atoms with Crippen molar-refractivity contribution in [2.75, 3.05) is 30.9 Å². The fraction of sp³-hybridized carbons (Fsp3) is 0.412. The number of methoxy groups -OCH3 is 1. The predicted molar refractivity (Wildman–Crippen MR) is 94.9 cm³/mol. The van der Waals surface area contributed by atoms with Gasteiger partial charge >= 0.3 is 0 Å². The van der Waals surface area contributed by atoms with Crippen molar-refractivity contribution < 1.29 is 4.74 Å². The number of hydrogen-bond donors (Lipinski definition) is 0. The van der Waals surface area contributed by atoms with Gasteiger partial charge in [-0.25, -0.2) is 0 Å². The van der Waals surface area contributed by atoms with Crippen molar-refractivity contribution in [2.45, 2.75) is 24.4 Å². The second-order valence-corrected chi connectivity index (χ2v) is 6.42. The molecule has 1 saturated heterocycles. The van der Waals surface area contributed by atoms with E-state index in [0.29, 0.717) is 0 Å². The molecule has 5 nitrogen and oxygen atoms in total. The molecule has 1 fully saturated rings. The summed E-state index contributed by atoms with van der Waals surface area (Å²) in [5.41, 5.74) is 0.979. The molecule has 1 aromatic carbocycles. The lowest BCUT2D eigenvalue weighted by atomic mass is 10.1. The molecule has 3 rings (SSSR count). The number of piperidine rings is 1. The van der Waals surface area contributed by atoms with Gasteiger partial charge in [-0.15, -0.1) is 16.8 Å². The number of benzene rings is 1. The summed E-state index contributed by atoms with van der Waals surface area (Å²) < 4.78 is 7.66. The van der Waals surface area contributed by atoms with Crippen molar-refractivity contribution in [2.24, 2.45) is 0 Å². The normalized spacial score (nSPS) is 14.7. The number of hydrogen-bond acceptors (Lipinski definition) is 5. The summed E-state index contributed by atoms with van der Waals surface area (Å²) in [4.78, 5) is 2.32. The minimum Gasteiger partial charge on any atom is -0.495 e. The Balaban J connectivity index is 2.06. The Bertz CT molecular complexity index is 664. The Kier molecular flexibility index (Phi) is 5.23. The maximum Gasteiger partial charge on any atom is 0.232 e. The molecule has 0 unspecified atom stereocenters. The highest BCUT2D eigenvalue weighted by atomic mass is 32.2. The van der Waals surface area contributed by atoms with Crippen molar-refractivity contribution in [3.63, 3.8) is 0 Å². The van der Waals surface area contributed by atoms with E-state index in [1.807, 2.05) is 30.3 Å². The Morgan fingerprint density at radius 3 is 2.74 bits per heavy atom. The van der Waals surface area contributed by atoms with Crippen LogP contribution in [0.25, 0.3) is 5.69 Å². The molecule has 1 aliphatic rings. The van der Waals surface area contributed by atoms with Gasteiger partial charge in [0.25, 0.3) is 0 Å². The summed E-state index contributed by atoms with van der Waals surface area (Å²) in [6.45, 7) is 5.85. The Hall–Kier alpha value is -1.95. The molecular weight excluding hydrogens is 308 g/mol. The fourth-order valence-corrected chi connectivity index (χ4v) is 3.49. The highest BCUT2D eigenvalue weighted by molar-refractivity contribution is 7.99. The van der Waals surface area contributed by atoms with Crippen LogP contribution in [-0.2, 0) is 0 Å². The second kappa shape index (κ2) is 7.55. The van der Waals surface area contributed by atoms with Gasteiger partial charge in [0.2, 0.25) is 5.95 Å². The van der Waals surface area contributed by atoms with Crippen LogP contribution in [0.1, 0.15) is 19.3 Å². The highest BCUT2D eigenvalue weighted by Crippen LogP contribution is 2.32. The fourth-order valence-electron chi connectivity index (χ4n) is 2.81. The molecule has 0 radical (unpaired) electrons. The molecule has 0 atom stereocenters. The summed E-state index contributed by atoms with van der Waals surface area (Å²) >= 11 is 1.63. The predicted octanol–water partition coefficient (Wildman–Crippen LogP) is 3.54. The van der Waals surface area contributed by atoms with E-state index in [0.717, 1.165) is 41.4 Å². The van der Waals surface area contributed by atoms with Crippen molar-refractivity contribution >= 4 is 17.7 Å². The molecule has 0 N–H and O–H groups in total. The molecule has 0 saturated carbocycles. The van der Waals surface area contributed by atoms with Gasteiger partial charge < -0.3 is 9.64 Å². The molecule has 0 bridgehead atoms. The van der Waals surface area contributed by atoms with E-state index >= 15 is 0 Å². The topological polar surface area (TPSA) is 43.2 Å². The molecule has 0 aliphatic carbocycles. The lowest BCUT2D eigenvalue weighted by molar-refractivity contribution is 0.412. The van der Waals surface area contributed by atoms with E-state index in [1.54, 1.807) is 18.9 Å². The Morgan fingerprint density at radius 1 is 1.22 bits per heavy atom. The van der Waals surface area contributed by atoms with Gasteiger partial charge in [0.05, 0.1) is 12.8 Å². The molecule has 2 aromatic rings. The smallest absolute Gasteiger partial charge is 0.232 e. The van der Waals surface area contributed by atoms with Gasteiger partial charge in [0.15, 0.2) is 5.16 Å². The number of ether oxygens (including phenoxy) is 1. The van der Waals surface area contributed by atoms with Crippen LogP contribution in [0.2, 0.25) is 0 Å². The van der Waals surface area contributed by atoms with E-state index in [1.165, 1.54) is 19.3 Å². The summed E-state index contributed by atoms with van der Waals surface area (Å²) in [5.74, 6) is 2.53. The van der Waals surface area contributed by atoms with Crippen molar-refractivity contribution in [1.82, 2.24) is 14.8 Å². The average molecular weight is 330 g/mol. The maximum absolute atomic E-state index is 5.55. The number of anilines is 1. The molecular formula is C17H22N4OS. The van der Waals surface area contributed by atoms with E-state index in [-0.39, 0.29) is 0 Å². The zero-order valence-electron chi connectivity index (χ0n) is 13.4. The summed E-state index contributed by atoms with van der Waals surface area (Å²) in [7, 11) is 1.69. The first kappa shape index (κ1) is 15.9. The first-order valence-corrected chi connectivity index (χ1v) is 8.91. The average Bonchev–Trinajstić information content (AvgIpc) is 3.04. The van der Waals surface area contributed by atoms with Gasteiger partial charge in [-0.05, 0) is 31.4 Å². The van der Waals surface area contributed by atoms with Gasteiger partial charge in [-0.2, -0.15) is 0 Å². The third-order valence-corrected chi connectivity index (χ3v) is 4.84. The molecule has 2 heterocycles. The number of nitrogens with zero attached hydrogens (tertiary/aromatic N) is 4. The molecule has 122 valence electrons. The van der Waals surface area contributed by atoms with Crippen LogP contribution < -0.4 is 9.64 Å². The van der Waals surface area contributed by atoms with Gasteiger partial charge in [-0.3, -0.25) is 4.57 Å². The molecule has 6 heteroatoms. The third kappa shape index (κ3) is 3.37. The molecule has 1 aromatic heterocycles. The standard InChI is InChI=1S/C17H22N4OS/c1-3-13-23-17-19-18-16(20-11-7-4-8-12-20)21(17)14-9-5-6-10-15(14)22-2/h3,5-6,9-10H,1,4,7-8,11-13H2,2H3. The van der Waals surface area contributed by atoms with E-state index in [9.17, 15) is 0 Å². The van der Waals surface area contributed by atoms with Crippen LogP contribution in [0, 0.1) is 0 Å². The van der Waals surface area contributed by atoms with Gasteiger partial charge in [-0.1, -0.05) is 30.0 Å². The lowest BCUT2D eigenvalue weighted by Crippen LogP contribution is -2.31. The van der Waals surface area contributed by atoms with Crippen molar-refractivity contribution in [3.05, 3.63) is 36.9 Å². The third-order valence-electron chi connectivity index (χ3n) is 3.91. The van der Waals surface area contributed by atoms with Gasteiger partial charge in [0, 0.05) is 18.8 Å². The van der Waals surface area contributed by atoms with Crippen LogP contribution in [-0.4, -0.2) is 40.7 Å². The Morgan fingerprint density at radius 2 is 2.00 bits per heavy atom. The number of para-hydroxylation sites is 2. The van der Waals surface area contributed by atoms with E-state index in [4.69, 9.17) is 4.74 Å². The number of thioether (sulfide) groups is 1. The quantitative estimate of drug-likeness (QED) is 0.599. The SMILES string of the molecule is C=CCSc1nnc(N2CCCCC2)n1-c1ccccc1OC. The van der Waals surface area contributed by atoms with Crippen molar-refractivity contribution in [3.8, 4) is 11.4 Å². The zero-order chi connectivity index (χ0) is 16.1. The zero-order valence-corrected chi connectivity index (χ0v) is 14.3. The molecule has 0 spiro atoms. The van der Waals surface area contributed by atoms with Crippen LogP contribution in [0.15, 0.2) is 42.1 Å². The minimum absolute atomic E-state index is 0.799. The molecule has 1 aliphatic heterocycles. The lowest BCUT2D eigenvalue weighted by Gasteiger charge is -2.28. The van der Waals surface area contributed by atoms with Crippen LogP contribution in [0.3, 0.4) is 0 Å². The maximum atomic E-state index is 5.55. The second-order valence-electron chi connectivity index (χ2n) is 5.44. The molecule has 23 heavy (non-hydrogen) atoms. The van der Waals surface area contributed by atoms with Crippen LogP contribution in [0.4, 0.5) is 5.95 Å².